The fourth-order valence-corrected chi connectivity index (χ4v) is 4.70. The summed E-state index contributed by atoms with van der Waals surface area (Å²) < 4.78 is 45.5. The van der Waals surface area contributed by atoms with Gasteiger partial charge in [-0.15, -0.1) is 0 Å². The Balaban J connectivity index is 1.77. The van der Waals surface area contributed by atoms with Crippen molar-refractivity contribution in [2.45, 2.75) is 52.0 Å². The summed E-state index contributed by atoms with van der Waals surface area (Å²) in [7, 11) is -1.37. The van der Waals surface area contributed by atoms with E-state index in [2.05, 4.69) is 14.8 Å². The highest BCUT2D eigenvalue weighted by Crippen LogP contribution is 2.29. The van der Waals surface area contributed by atoms with Crippen LogP contribution in [0, 0.1) is 11.6 Å². The van der Waals surface area contributed by atoms with Crippen LogP contribution in [-0.4, -0.2) is 48.5 Å². The minimum Gasteiger partial charge on any atom is -0.335 e. The van der Waals surface area contributed by atoms with Gasteiger partial charge in [0, 0.05) is 35.8 Å². The van der Waals surface area contributed by atoms with E-state index in [1.165, 1.54) is 22.9 Å². The number of carbonyl (C=O) groups excluding carboxylic acids is 1. The fraction of sp³-hybridized carbons (Fsp3) is 0.435. The van der Waals surface area contributed by atoms with Crippen LogP contribution in [0.25, 0.3) is 16.9 Å². The number of fused-ring (bicyclic) bond motifs is 1. The zero-order valence-electron chi connectivity index (χ0n) is 18.9. The van der Waals surface area contributed by atoms with Crippen molar-refractivity contribution in [3.8, 4) is 11.3 Å². The molecule has 1 N–H and O–H groups in total. The number of benzene rings is 1. The van der Waals surface area contributed by atoms with Crippen molar-refractivity contribution < 1.29 is 17.8 Å². The van der Waals surface area contributed by atoms with Gasteiger partial charge >= 0.3 is 0 Å². The molecule has 1 aliphatic heterocycles. The molecule has 2 unspecified atom stereocenters. The molecule has 0 spiro atoms. The van der Waals surface area contributed by atoms with Crippen LogP contribution in [0.1, 0.15) is 55.7 Å². The third kappa shape index (κ3) is 4.62. The van der Waals surface area contributed by atoms with E-state index >= 15 is 4.39 Å². The van der Waals surface area contributed by atoms with Crippen LogP contribution >= 0.6 is 0 Å². The summed E-state index contributed by atoms with van der Waals surface area (Å²) in [5.41, 5.74) is 0.757. The molecule has 176 valence electrons. The molecule has 2 aromatic heterocycles. The van der Waals surface area contributed by atoms with Gasteiger partial charge in [0.1, 0.15) is 28.2 Å². The van der Waals surface area contributed by atoms with E-state index < -0.39 is 22.6 Å². The number of amides is 1. The molecule has 0 aliphatic carbocycles. The predicted molar refractivity (Wildman–Crippen MR) is 124 cm³/mol. The van der Waals surface area contributed by atoms with Crippen molar-refractivity contribution in [2.75, 3.05) is 17.5 Å². The molecule has 1 amide bonds. The average Bonchev–Trinajstić information content (AvgIpc) is 2.95. The second kappa shape index (κ2) is 9.54. The van der Waals surface area contributed by atoms with E-state index in [1.54, 1.807) is 6.07 Å². The van der Waals surface area contributed by atoms with Crippen LogP contribution < -0.4 is 4.72 Å². The molecule has 1 aromatic carbocycles. The highest BCUT2D eigenvalue weighted by atomic mass is 32.2. The molecule has 33 heavy (non-hydrogen) atoms. The van der Waals surface area contributed by atoms with Crippen LogP contribution in [0.5, 0.6) is 0 Å². The van der Waals surface area contributed by atoms with Crippen molar-refractivity contribution in [2.24, 2.45) is 0 Å². The topological polar surface area (TPSA) is 79.6 Å². The predicted octanol–water partition coefficient (Wildman–Crippen LogP) is 4.35. The fourth-order valence-electron chi connectivity index (χ4n) is 4.25. The summed E-state index contributed by atoms with van der Waals surface area (Å²) in [6.45, 7) is 4.55. The van der Waals surface area contributed by atoms with Gasteiger partial charge in [-0.2, -0.15) is 5.10 Å². The monoisotopic (exact) mass is 475 g/mol. The summed E-state index contributed by atoms with van der Waals surface area (Å²) in [5, 5.41) is 4.28. The molecule has 2 atom stereocenters. The number of nitrogens with one attached hydrogen (secondary N) is 1. The largest absolute Gasteiger partial charge is 0.335 e. The van der Waals surface area contributed by atoms with Gasteiger partial charge in [0.05, 0.1) is 0 Å². The second-order valence-corrected chi connectivity index (χ2v) is 9.44. The molecule has 1 fully saturated rings. The maximum atomic E-state index is 15.4. The third-order valence-electron chi connectivity index (χ3n) is 5.99. The van der Waals surface area contributed by atoms with E-state index in [0.717, 1.165) is 31.7 Å². The highest BCUT2D eigenvalue weighted by Gasteiger charge is 2.27. The Bertz CT molecular complexity index is 1230. The average molecular weight is 476 g/mol. The Morgan fingerprint density at radius 1 is 1.24 bits per heavy atom. The maximum Gasteiger partial charge on any atom is 0.272 e. The van der Waals surface area contributed by atoms with E-state index in [4.69, 9.17) is 0 Å². The molecule has 3 aromatic rings. The van der Waals surface area contributed by atoms with Gasteiger partial charge in [0.15, 0.2) is 11.5 Å². The van der Waals surface area contributed by atoms with Crippen LogP contribution in [-0.2, 0) is 17.4 Å². The molecular formula is C23H27F2N5O2S. The van der Waals surface area contributed by atoms with E-state index in [1.807, 2.05) is 18.7 Å². The molecule has 3 heterocycles. The first-order valence-electron chi connectivity index (χ1n) is 11.1. The van der Waals surface area contributed by atoms with Crippen LogP contribution in [0.2, 0.25) is 0 Å². The van der Waals surface area contributed by atoms with Gasteiger partial charge < -0.3 is 9.62 Å². The number of anilines is 1. The number of carbonyl (C=O) groups is 1. The Hall–Kier alpha value is -2.88. The zero-order chi connectivity index (χ0) is 23.7. The number of likely N-dealkylation sites (tertiary alicyclic amines) is 1. The zero-order valence-corrected chi connectivity index (χ0v) is 19.7. The number of halogens is 2. The lowest BCUT2D eigenvalue weighted by Gasteiger charge is -2.27. The lowest BCUT2D eigenvalue weighted by atomic mass is 10.1. The molecule has 1 aliphatic rings. The van der Waals surface area contributed by atoms with E-state index in [0.29, 0.717) is 24.3 Å². The van der Waals surface area contributed by atoms with Crippen molar-refractivity contribution in [1.29, 1.82) is 0 Å². The molecule has 4 rings (SSSR count). The lowest BCUT2D eigenvalue weighted by molar-refractivity contribution is 0.0691. The van der Waals surface area contributed by atoms with Gasteiger partial charge in [-0.05, 0) is 50.5 Å². The Labute approximate surface area is 193 Å². The summed E-state index contributed by atoms with van der Waals surface area (Å²) >= 11 is 0. The molecular weight excluding hydrogens is 448 g/mol. The second-order valence-electron chi connectivity index (χ2n) is 8.33. The number of aromatic nitrogens is 3. The van der Waals surface area contributed by atoms with Gasteiger partial charge in [-0.25, -0.2) is 22.5 Å². The van der Waals surface area contributed by atoms with Gasteiger partial charge in [0.2, 0.25) is 0 Å². The summed E-state index contributed by atoms with van der Waals surface area (Å²) in [4.78, 5) is 19.4. The molecule has 10 heteroatoms. The van der Waals surface area contributed by atoms with Gasteiger partial charge in [0.25, 0.3) is 5.91 Å². The number of hydrogen-bond donors (Lipinski definition) is 1. The molecule has 0 bridgehead atoms. The summed E-state index contributed by atoms with van der Waals surface area (Å²) in [6.07, 6.45) is 5.93. The van der Waals surface area contributed by atoms with Crippen molar-refractivity contribution >= 4 is 28.2 Å². The Morgan fingerprint density at radius 3 is 2.73 bits per heavy atom. The molecule has 7 nitrogen and oxygen atoms in total. The van der Waals surface area contributed by atoms with Crippen molar-refractivity contribution in [3.05, 3.63) is 47.3 Å². The van der Waals surface area contributed by atoms with E-state index in [-0.39, 0.29) is 34.5 Å². The number of nitrogens with zero attached hydrogens (tertiary/aromatic N) is 4. The van der Waals surface area contributed by atoms with Crippen LogP contribution in [0.4, 0.5) is 14.5 Å². The number of rotatable bonds is 5. The highest BCUT2D eigenvalue weighted by molar-refractivity contribution is 7.85. The normalized spacial score (nSPS) is 17.7. The Kier molecular flexibility index (Phi) is 6.73. The first kappa shape index (κ1) is 23.3. The van der Waals surface area contributed by atoms with Gasteiger partial charge in [-0.3, -0.25) is 4.79 Å². The third-order valence-corrected chi connectivity index (χ3v) is 6.51. The molecule has 0 radical (unpaired) electrons. The summed E-state index contributed by atoms with van der Waals surface area (Å²) in [5.74, 6) is -1.72. The smallest absolute Gasteiger partial charge is 0.272 e. The maximum absolute atomic E-state index is 15.4. The SMILES string of the molecule is CCc1cc(C(=O)N2CCCCCC2C)nc2c(F)c(-c3ccc(NS(C)=O)cc3F)nn12. The minimum atomic E-state index is -1.37. The quantitative estimate of drug-likeness (QED) is 0.595. The van der Waals surface area contributed by atoms with Crippen molar-refractivity contribution in [1.82, 2.24) is 19.5 Å². The first-order chi connectivity index (χ1) is 15.8. The molecule has 0 saturated carbocycles. The lowest BCUT2D eigenvalue weighted by Crippen LogP contribution is -2.38. The minimum absolute atomic E-state index is 0.0403. The Morgan fingerprint density at radius 2 is 2.03 bits per heavy atom. The van der Waals surface area contributed by atoms with Gasteiger partial charge in [-0.1, -0.05) is 19.8 Å². The van der Waals surface area contributed by atoms with Crippen LogP contribution in [0.3, 0.4) is 0 Å². The van der Waals surface area contributed by atoms with E-state index in [9.17, 15) is 13.4 Å². The van der Waals surface area contributed by atoms with Crippen LogP contribution in [0.15, 0.2) is 24.3 Å². The number of hydrogen-bond acceptors (Lipinski definition) is 4. The summed E-state index contributed by atoms with van der Waals surface area (Å²) in [6, 6.07) is 5.76. The number of aryl methyl sites for hydroxylation is 1. The van der Waals surface area contributed by atoms with Crippen molar-refractivity contribution in [3.63, 3.8) is 0 Å². The first-order valence-corrected chi connectivity index (χ1v) is 12.6. The standard InChI is InChI=1S/C23H27F2N5O2S/c1-4-16-13-19(23(31)29-11-7-5-6-8-14(29)2)26-22-20(25)21(27-30(16)22)17-10-9-15(12-18(17)24)28-33(3)32/h9-10,12-14,28H,4-8,11H2,1-3H3. The molecule has 1 saturated heterocycles.